The first kappa shape index (κ1) is 12.5. The van der Waals surface area contributed by atoms with Crippen molar-refractivity contribution in [1.82, 2.24) is 4.98 Å². The van der Waals surface area contributed by atoms with E-state index in [2.05, 4.69) is 11.1 Å². The fourth-order valence-electron chi connectivity index (χ4n) is 2.35. The van der Waals surface area contributed by atoms with E-state index in [1.165, 1.54) is 11.3 Å². The number of nitrogens with one attached hydrogen (secondary N) is 1. The summed E-state index contributed by atoms with van der Waals surface area (Å²) in [7, 11) is 0. The number of fused-ring (bicyclic) bond motifs is 1. The Kier molecular flexibility index (Phi) is 2.84. The number of pyridine rings is 1. The molecule has 3 heterocycles. The monoisotopic (exact) mass is 285 g/mol. The summed E-state index contributed by atoms with van der Waals surface area (Å²) in [6, 6.07) is 7.54. The second-order valence-electron chi connectivity index (χ2n) is 4.50. The summed E-state index contributed by atoms with van der Waals surface area (Å²) < 4.78 is 5.44. The molecule has 2 aromatic rings. The molecule has 0 spiro atoms. The third-order valence-electron chi connectivity index (χ3n) is 3.18. The number of aromatic amines is 1. The molecule has 1 aliphatic rings. The first-order chi connectivity index (χ1) is 9.61. The van der Waals surface area contributed by atoms with E-state index in [0.717, 1.165) is 4.88 Å². The Morgan fingerprint density at radius 1 is 1.55 bits per heavy atom. The van der Waals surface area contributed by atoms with E-state index in [9.17, 15) is 10.1 Å². The van der Waals surface area contributed by atoms with Crippen LogP contribution in [0.15, 0.2) is 39.8 Å². The minimum Gasteiger partial charge on any atom is -0.440 e. The molecule has 3 N–H and O–H groups in total. The van der Waals surface area contributed by atoms with Crippen LogP contribution in [0.25, 0.3) is 0 Å². The van der Waals surface area contributed by atoms with Gasteiger partial charge in [0.1, 0.15) is 17.4 Å². The average molecular weight is 285 g/mol. The number of nitrogens with zero attached hydrogens (tertiary/aromatic N) is 1. The zero-order chi connectivity index (χ0) is 14.3. The Balaban J connectivity index is 2.32. The van der Waals surface area contributed by atoms with Crippen molar-refractivity contribution < 1.29 is 4.74 Å². The Morgan fingerprint density at radius 3 is 3.00 bits per heavy atom. The van der Waals surface area contributed by atoms with E-state index in [1.807, 2.05) is 17.5 Å². The van der Waals surface area contributed by atoms with E-state index in [1.54, 1.807) is 13.0 Å². The summed E-state index contributed by atoms with van der Waals surface area (Å²) >= 11 is 1.48. The smallest absolute Gasteiger partial charge is 0.256 e. The second kappa shape index (κ2) is 4.54. The highest BCUT2D eigenvalue weighted by Gasteiger charge is 2.33. The van der Waals surface area contributed by atoms with E-state index in [0.29, 0.717) is 17.0 Å². The van der Waals surface area contributed by atoms with Crippen LogP contribution in [0.2, 0.25) is 0 Å². The largest absolute Gasteiger partial charge is 0.440 e. The predicted molar refractivity (Wildman–Crippen MR) is 75.4 cm³/mol. The lowest BCUT2D eigenvalue weighted by Crippen LogP contribution is -2.27. The lowest BCUT2D eigenvalue weighted by Gasteiger charge is -2.24. The van der Waals surface area contributed by atoms with Crippen LogP contribution in [0.5, 0.6) is 5.75 Å². The van der Waals surface area contributed by atoms with Gasteiger partial charge >= 0.3 is 0 Å². The van der Waals surface area contributed by atoms with Crippen LogP contribution in [0.4, 0.5) is 0 Å². The molecule has 100 valence electrons. The van der Waals surface area contributed by atoms with Gasteiger partial charge in [-0.3, -0.25) is 4.79 Å². The van der Waals surface area contributed by atoms with Crippen molar-refractivity contribution in [1.29, 1.82) is 5.26 Å². The number of ether oxygens (including phenoxy) is 1. The lowest BCUT2D eigenvalue weighted by atomic mass is 9.89. The minimum atomic E-state index is -0.465. The quantitative estimate of drug-likeness (QED) is 0.837. The van der Waals surface area contributed by atoms with Crippen molar-refractivity contribution >= 4 is 11.3 Å². The van der Waals surface area contributed by atoms with Gasteiger partial charge in [-0.05, 0) is 18.4 Å². The zero-order valence-corrected chi connectivity index (χ0v) is 11.5. The SMILES string of the molecule is Cc1cc2c(c(=O)[nH]1)[C@@H](c1cccs1)C(C#N)=C(N)O2. The first-order valence-electron chi connectivity index (χ1n) is 5.96. The highest BCUT2D eigenvalue weighted by atomic mass is 32.1. The summed E-state index contributed by atoms with van der Waals surface area (Å²) in [5, 5.41) is 11.2. The molecule has 3 rings (SSSR count). The maximum absolute atomic E-state index is 12.3. The van der Waals surface area contributed by atoms with Crippen molar-refractivity contribution in [3.05, 3.63) is 61.5 Å². The molecule has 0 unspecified atom stereocenters. The van der Waals surface area contributed by atoms with Crippen LogP contribution >= 0.6 is 11.3 Å². The fourth-order valence-corrected chi connectivity index (χ4v) is 3.19. The molecule has 2 aromatic heterocycles. The van der Waals surface area contributed by atoms with Gasteiger partial charge in [-0.2, -0.15) is 5.26 Å². The van der Waals surface area contributed by atoms with Crippen molar-refractivity contribution in [2.75, 3.05) is 0 Å². The van der Waals surface area contributed by atoms with Crippen LogP contribution in [-0.4, -0.2) is 4.98 Å². The fraction of sp³-hybridized carbons (Fsp3) is 0.143. The van der Waals surface area contributed by atoms with Gasteiger partial charge in [-0.25, -0.2) is 0 Å². The van der Waals surface area contributed by atoms with E-state index >= 15 is 0 Å². The molecule has 20 heavy (non-hydrogen) atoms. The molecule has 0 bridgehead atoms. The summed E-state index contributed by atoms with van der Waals surface area (Å²) in [5.41, 5.74) is 6.97. The van der Waals surface area contributed by atoms with Gasteiger partial charge in [0.25, 0.3) is 5.56 Å². The minimum absolute atomic E-state index is 0.0587. The maximum atomic E-state index is 12.3. The predicted octanol–water partition coefficient (Wildman–Crippen LogP) is 1.96. The number of allylic oxidation sites excluding steroid dienone is 1. The number of aryl methyl sites for hydroxylation is 1. The highest BCUT2D eigenvalue weighted by Crippen LogP contribution is 2.41. The van der Waals surface area contributed by atoms with E-state index in [4.69, 9.17) is 10.5 Å². The van der Waals surface area contributed by atoms with Crippen molar-refractivity contribution in [3.63, 3.8) is 0 Å². The number of thiophene rings is 1. The van der Waals surface area contributed by atoms with Gasteiger partial charge in [0.15, 0.2) is 0 Å². The summed E-state index contributed by atoms with van der Waals surface area (Å²) in [5.74, 6) is 0.0117. The van der Waals surface area contributed by atoms with E-state index < -0.39 is 5.92 Å². The molecule has 5 nitrogen and oxygen atoms in total. The lowest BCUT2D eigenvalue weighted by molar-refractivity contribution is 0.391. The molecule has 0 amide bonds. The summed E-state index contributed by atoms with van der Waals surface area (Å²) in [6.45, 7) is 1.77. The molecule has 0 saturated heterocycles. The van der Waals surface area contributed by atoms with E-state index in [-0.39, 0.29) is 17.0 Å². The molecule has 1 aliphatic heterocycles. The Labute approximate surface area is 118 Å². The topological polar surface area (TPSA) is 91.9 Å². The molecule has 0 saturated carbocycles. The van der Waals surface area contributed by atoms with Gasteiger partial charge in [0.05, 0.1) is 11.5 Å². The number of hydrogen-bond donors (Lipinski definition) is 2. The Bertz CT molecular complexity index is 797. The van der Waals surface area contributed by atoms with Gasteiger partial charge in [-0.1, -0.05) is 6.07 Å². The summed E-state index contributed by atoms with van der Waals surface area (Å²) in [4.78, 5) is 15.9. The van der Waals surface area contributed by atoms with Gasteiger partial charge < -0.3 is 15.5 Å². The van der Waals surface area contributed by atoms with Crippen LogP contribution in [0.1, 0.15) is 22.1 Å². The average Bonchev–Trinajstić information content (AvgIpc) is 2.90. The Hall–Kier alpha value is -2.52. The molecule has 1 atom stereocenters. The molecular formula is C14H11N3O2S. The van der Waals surface area contributed by atoms with Gasteiger partial charge in [0, 0.05) is 16.6 Å². The molecule has 0 aliphatic carbocycles. The number of aromatic nitrogens is 1. The van der Waals surface area contributed by atoms with Gasteiger partial charge in [0.2, 0.25) is 5.88 Å². The number of nitriles is 1. The number of nitrogens with two attached hydrogens (primary N) is 1. The zero-order valence-electron chi connectivity index (χ0n) is 10.6. The molecule has 0 aromatic carbocycles. The molecular weight excluding hydrogens is 274 g/mol. The van der Waals surface area contributed by atoms with Crippen LogP contribution in [0, 0.1) is 18.3 Å². The standard InChI is InChI=1S/C14H11N3O2S/c1-7-5-9-12(14(18)17-7)11(10-3-2-4-20-10)8(6-15)13(16)19-9/h2-5,11H,16H2,1H3,(H,17,18)/t11-/m1/s1. The number of hydrogen-bond acceptors (Lipinski definition) is 5. The first-order valence-corrected chi connectivity index (χ1v) is 6.84. The van der Waals surface area contributed by atoms with Crippen LogP contribution < -0.4 is 16.0 Å². The number of H-pyrrole nitrogens is 1. The highest BCUT2D eigenvalue weighted by molar-refractivity contribution is 7.10. The molecule has 6 heteroatoms. The summed E-state index contributed by atoms with van der Waals surface area (Å²) in [6.07, 6.45) is 0. The van der Waals surface area contributed by atoms with Gasteiger partial charge in [-0.15, -0.1) is 11.3 Å². The molecule has 0 fully saturated rings. The third-order valence-corrected chi connectivity index (χ3v) is 4.12. The van der Waals surface area contributed by atoms with Crippen molar-refractivity contribution in [2.45, 2.75) is 12.8 Å². The van der Waals surface area contributed by atoms with Crippen molar-refractivity contribution in [3.8, 4) is 11.8 Å². The molecule has 0 radical (unpaired) electrons. The third kappa shape index (κ3) is 1.80. The number of rotatable bonds is 1. The van der Waals surface area contributed by atoms with Crippen LogP contribution in [0.3, 0.4) is 0 Å². The van der Waals surface area contributed by atoms with Crippen molar-refractivity contribution in [2.24, 2.45) is 5.73 Å². The van der Waals surface area contributed by atoms with Crippen LogP contribution in [-0.2, 0) is 0 Å². The second-order valence-corrected chi connectivity index (χ2v) is 5.48. The Morgan fingerprint density at radius 2 is 2.35 bits per heavy atom. The normalized spacial score (nSPS) is 17.3. The maximum Gasteiger partial charge on any atom is 0.256 e.